The number of carbonyl (C=O) groups excluding carboxylic acids is 1. The summed E-state index contributed by atoms with van der Waals surface area (Å²) in [4.78, 5) is 25.4. The summed E-state index contributed by atoms with van der Waals surface area (Å²) in [7, 11) is -3.78. The zero-order valence-corrected chi connectivity index (χ0v) is 19.2. The van der Waals surface area contributed by atoms with Crippen LogP contribution in [0.2, 0.25) is 0 Å². The number of nitrogens with one attached hydrogen (secondary N) is 1. The van der Waals surface area contributed by atoms with Crippen molar-refractivity contribution in [3.8, 4) is 0 Å². The van der Waals surface area contributed by atoms with E-state index in [9.17, 15) is 13.2 Å². The minimum atomic E-state index is -3.78. The van der Waals surface area contributed by atoms with Crippen LogP contribution in [-0.4, -0.2) is 43.4 Å². The molecule has 1 N–H and O–H groups in total. The van der Waals surface area contributed by atoms with Gasteiger partial charge in [-0.1, -0.05) is 17.7 Å². The Kier molecular flexibility index (Phi) is 5.34. The third-order valence-electron chi connectivity index (χ3n) is 5.90. The number of thiazole rings is 1. The first-order chi connectivity index (χ1) is 15.4. The molecule has 0 saturated carbocycles. The Morgan fingerprint density at radius 1 is 1.16 bits per heavy atom. The highest BCUT2D eigenvalue weighted by Crippen LogP contribution is 2.33. The normalized spacial score (nSPS) is 18.7. The van der Waals surface area contributed by atoms with Gasteiger partial charge in [0.05, 0.1) is 0 Å². The molecule has 0 radical (unpaired) electrons. The van der Waals surface area contributed by atoms with E-state index in [0.29, 0.717) is 23.9 Å². The number of aromatic nitrogens is 2. The number of nitrogens with zero attached hydrogens (tertiary/aromatic N) is 4. The largest absolute Gasteiger partial charge is 0.359 e. The smallest absolute Gasteiger partial charge is 0.265 e. The van der Waals surface area contributed by atoms with Crippen LogP contribution in [-0.2, 0) is 21.2 Å². The van der Waals surface area contributed by atoms with Gasteiger partial charge in [0.1, 0.15) is 16.8 Å². The van der Waals surface area contributed by atoms with Crippen LogP contribution in [0.1, 0.15) is 24.0 Å². The van der Waals surface area contributed by atoms with E-state index in [2.05, 4.69) is 44.7 Å². The maximum absolute atomic E-state index is 13.3. The molecule has 2 aromatic heterocycles. The van der Waals surface area contributed by atoms with Crippen molar-refractivity contribution in [2.45, 2.75) is 37.1 Å². The van der Waals surface area contributed by atoms with E-state index >= 15 is 0 Å². The van der Waals surface area contributed by atoms with Crippen LogP contribution in [0, 0.1) is 6.92 Å². The third kappa shape index (κ3) is 3.84. The Bertz CT molecular complexity index is 1240. The molecule has 0 bridgehead atoms. The monoisotopic (exact) mass is 469 g/mol. The number of aryl methyl sites for hydroxylation is 2. The number of hydrogen-bond acceptors (Lipinski definition) is 7. The van der Waals surface area contributed by atoms with Gasteiger partial charge >= 0.3 is 0 Å². The van der Waals surface area contributed by atoms with Crippen LogP contribution in [0.3, 0.4) is 0 Å². The predicted molar refractivity (Wildman–Crippen MR) is 125 cm³/mol. The molecule has 5 rings (SSSR count). The van der Waals surface area contributed by atoms with Crippen molar-refractivity contribution < 1.29 is 13.2 Å². The van der Waals surface area contributed by atoms with Crippen molar-refractivity contribution >= 4 is 43.9 Å². The molecule has 1 amide bonds. The van der Waals surface area contributed by atoms with Gasteiger partial charge in [-0.2, -0.15) is 0 Å². The standard InChI is InChI=1S/C22H23N5O3S2/c1-15-4-6-18-16(13-15)3-2-10-26(18)19-8-11-27(21(19)28)20-7-5-17(14-24-20)32(29,30)25-22-23-9-12-31-22/h4-7,9,12-14,19H,2-3,8,10-11H2,1H3,(H,23,25)/t19-/m0/s1. The van der Waals surface area contributed by atoms with Gasteiger partial charge in [-0.15, -0.1) is 11.3 Å². The summed E-state index contributed by atoms with van der Waals surface area (Å²) in [5.41, 5.74) is 3.67. The molecule has 0 spiro atoms. The van der Waals surface area contributed by atoms with Crippen molar-refractivity contribution in [1.82, 2.24) is 9.97 Å². The average molecular weight is 470 g/mol. The van der Waals surface area contributed by atoms with E-state index in [1.807, 2.05) is 0 Å². The number of anilines is 3. The van der Waals surface area contributed by atoms with Gasteiger partial charge in [-0.05, 0) is 49.9 Å². The van der Waals surface area contributed by atoms with Crippen LogP contribution in [0.5, 0.6) is 0 Å². The van der Waals surface area contributed by atoms with E-state index in [1.54, 1.807) is 16.3 Å². The van der Waals surface area contributed by atoms with Gasteiger partial charge in [0.2, 0.25) is 0 Å². The number of hydrogen-bond donors (Lipinski definition) is 1. The molecule has 1 atom stereocenters. The summed E-state index contributed by atoms with van der Waals surface area (Å²) in [5.74, 6) is 0.467. The summed E-state index contributed by atoms with van der Waals surface area (Å²) in [6.07, 6.45) is 5.58. The molecule has 4 heterocycles. The van der Waals surface area contributed by atoms with E-state index in [1.165, 1.54) is 40.9 Å². The first-order valence-corrected chi connectivity index (χ1v) is 12.8. The minimum Gasteiger partial charge on any atom is -0.359 e. The van der Waals surface area contributed by atoms with Gasteiger partial charge in [-0.25, -0.2) is 18.4 Å². The molecule has 166 valence electrons. The lowest BCUT2D eigenvalue weighted by atomic mass is 9.97. The molecule has 3 aromatic rings. The predicted octanol–water partition coefficient (Wildman–Crippen LogP) is 3.21. The van der Waals surface area contributed by atoms with Crippen molar-refractivity contribution in [3.63, 3.8) is 0 Å². The fourth-order valence-corrected chi connectivity index (χ4v) is 6.13. The molecule has 1 saturated heterocycles. The molecule has 0 aliphatic carbocycles. The third-order valence-corrected chi connectivity index (χ3v) is 8.05. The van der Waals surface area contributed by atoms with Crippen molar-refractivity contribution in [2.75, 3.05) is 27.6 Å². The summed E-state index contributed by atoms with van der Waals surface area (Å²) < 4.78 is 27.5. The first kappa shape index (κ1) is 20.9. The number of rotatable bonds is 5. The van der Waals surface area contributed by atoms with Crippen LogP contribution in [0.15, 0.2) is 53.0 Å². The quantitative estimate of drug-likeness (QED) is 0.617. The number of fused-ring (bicyclic) bond motifs is 1. The van der Waals surface area contributed by atoms with Crippen LogP contribution < -0.4 is 14.5 Å². The Morgan fingerprint density at radius 3 is 2.78 bits per heavy atom. The fraction of sp³-hybridized carbons (Fsp3) is 0.318. The van der Waals surface area contributed by atoms with Gasteiger partial charge in [0.15, 0.2) is 5.13 Å². The first-order valence-electron chi connectivity index (χ1n) is 10.5. The number of carbonyl (C=O) groups is 1. The molecule has 1 fully saturated rings. The van der Waals surface area contributed by atoms with Gasteiger partial charge < -0.3 is 4.90 Å². The van der Waals surface area contributed by atoms with Crippen molar-refractivity contribution in [2.24, 2.45) is 0 Å². The van der Waals surface area contributed by atoms with E-state index in [0.717, 1.165) is 25.1 Å². The summed E-state index contributed by atoms with van der Waals surface area (Å²) in [5, 5.41) is 1.99. The molecular weight excluding hydrogens is 446 g/mol. The Labute approximate surface area is 191 Å². The number of amides is 1. The molecule has 10 heteroatoms. The highest BCUT2D eigenvalue weighted by atomic mass is 32.2. The zero-order valence-electron chi connectivity index (χ0n) is 17.6. The summed E-state index contributed by atoms with van der Waals surface area (Å²) in [6.45, 7) is 3.49. The van der Waals surface area contributed by atoms with E-state index < -0.39 is 10.0 Å². The van der Waals surface area contributed by atoms with Crippen LogP contribution in [0.4, 0.5) is 16.6 Å². The maximum Gasteiger partial charge on any atom is 0.265 e. The van der Waals surface area contributed by atoms with Gasteiger partial charge in [-0.3, -0.25) is 14.4 Å². The molecule has 2 aliphatic heterocycles. The summed E-state index contributed by atoms with van der Waals surface area (Å²) >= 11 is 1.20. The van der Waals surface area contributed by atoms with Crippen molar-refractivity contribution in [3.05, 3.63) is 59.2 Å². The fourth-order valence-electron chi connectivity index (χ4n) is 4.40. The molecule has 1 aromatic carbocycles. The molecular formula is C22H23N5O3S2. The highest BCUT2D eigenvalue weighted by molar-refractivity contribution is 7.93. The Morgan fingerprint density at radius 2 is 2.03 bits per heavy atom. The number of sulfonamides is 1. The van der Waals surface area contributed by atoms with Crippen molar-refractivity contribution in [1.29, 1.82) is 0 Å². The lowest BCUT2D eigenvalue weighted by Crippen LogP contribution is -2.44. The second-order valence-electron chi connectivity index (χ2n) is 8.02. The molecule has 0 unspecified atom stereocenters. The van der Waals surface area contributed by atoms with E-state index in [4.69, 9.17) is 0 Å². The topological polar surface area (TPSA) is 95.5 Å². The lowest BCUT2D eigenvalue weighted by molar-refractivity contribution is -0.118. The lowest BCUT2D eigenvalue weighted by Gasteiger charge is -2.35. The van der Waals surface area contributed by atoms with Gasteiger partial charge in [0, 0.05) is 36.6 Å². The Balaban J connectivity index is 1.34. The molecule has 2 aliphatic rings. The summed E-state index contributed by atoms with van der Waals surface area (Å²) in [6, 6.07) is 9.25. The zero-order chi connectivity index (χ0) is 22.3. The number of benzene rings is 1. The molecule has 8 nitrogen and oxygen atoms in total. The van der Waals surface area contributed by atoms with Gasteiger partial charge in [0.25, 0.3) is 15.9 Å². The van der Waals surface area contributed by atoms with E-state index in [-0.39, 0.29) is 16.8 Å². The SMILES string of the molecule is Cc1ccc2c(c1)CCCN2[C@H]1CCN(c2ccc(S(=O)(=O)Nc3nccs3)cn2)C1=O. The maximum atomic E-state index is 13.3. The Hall–Kier alpha value is -2.98. The van der Waals surface area contributed by atoms with Crippen LogP contribution in [0.25, 0.3) is 0 Å². The second kappa shape index (κ2) is 8.18. The minimum absolute atomic E-state index is 0.00226. The average Bonchev–Trinajstić information content (AvgIpc) is 3.42. The second-order valence-corrected chi connectivity index (χ2v) is 10.6. The molecule has 32 heavy (non-hydrogen) atoms. The highest BCUT2D eigenvalue weighted by Gasteiger charge is 2.38. The van der Waals surface area contributed by atoms with Crippen LogP contribution >= 0.6 is 11.3 Å². The number of pyridine rings is 1.